The van der Waals surface area contributed by atoms with E-state index in [0.29, 0.717) is 22.6 Å². The van der Waals surface area contributed by atoms with Crippen molar-refractivity contribution in [2.24, 2.45) is 0 Å². The van der Waals surface area contributed by atoms with Gasteiger partial charge in [-0.05, 0) is 47.5 Å². The molecule has 124 valence electrons. The van der Waals surface area contributed by atoms with Crippen LogP contribution in [0.25, 0.3) is 33.7 Å². The van der Waals surface area contributed by atoms with Gasteiger partial charge in [0.15, 0.2) is 17.1 Å². The van der Waals surface area contributed by atoms with Crippen molar-refractivity contribution in [2.45, 2.75) is 0 Å². The summed E-state index contributed by atoms with van der Waals surface area (Å²) >= 11 is 0. The van der Waals surface area contributed by atoms with Gasteiger partial charge in [-0.3, -0.25) is 0 Å². The number of hydrogen-bond donors (Lipinski definition) is 0. The summed E-state index contributed by atoms with van der Waals surface area (Å²) in [6, 6.07) is 21.1. The molecule has 5 nitrogen and oxygen atoms in total. The molecular formula is C21H12N2O3. The van der Waals surface area contributed by atoms with Crippen LogP contribution in [0.5, 0.6) is 11.5 Å². The molecule has 0 fully saturated rings. The Balaban J connectivity index is 1.60. The minimum absolute atomic E-state index is 0.252. The third-order valence-electron chi connectivity index (χ3n) is 4.37. The predicted octanol–water partition coefficient (Wildman–Crippen LogP) is 4.76. The highest BCUT2D eigenvalue weighted by atomic mass is 16.7. The van der Waals surface area contributed by atoms with Crippen molar-refractivity contribution < 1.29 is 13.9 Å². The Morgan fingerprint density at radius 2 is 1.69 bits per heavy atom. The summed E-state index contributed by atoms with van der Waals surface area (Å²) in [6.07, 6.45) is 0. The van der Waals surface area contributed by atoms with Crippen LogP contribution in [-0.2, 0) is 0 Å². The van der Waals surface area contributed by atoms with Gasteiger partial charge in [-0.25, -0.2) is 4.98 Å². The number of nitriles is 1. The number of benzene rings is 3. The Morgan fingerprint density at radius 1 is 0.885 bits per heavy atom. The highest BCUT2D eigenvalue weighted by molar-refractivity contribution is 5.83. The summed E-state index contributed by atoms with van der Waals surface area (Å²) in [5, 5.41) is 9.28. The van der Waals surface area contributed by atoms with Crippen LogP contribution in [0.15, 0.2) is 65.1 Å². The number of hydrogen-bond acceptors (Lipinski definition) is 5. The number of aromatic nitrogens is 1. The normalized spacial score (nSPS) is 12.3. The van der Waals surface area contributed by atoms with Crippen molar-refractivity contribution in [1.82, 2.24) is 4.98 Å². The second-order valence-corrected chi connectivity index (χ2v) is 5.93. The molecule has 5 rings (SSSR count). The highest BCUT2D eigenvalue weighted by Gasteiger charge is 2.16. The summed E-state index contributed by atoms with van der Waals surface area (Å²) in [4.78, 5) is 4.52. The van der Waals surface area contributed by atoms with Gasteiger partial charge in [0, 0.05) is 0 Å². The maximum atomic E-state index is 9.28. The Kier molecular flexibility index (Phi) is 3.16. The quantitative estimate of drug-likeness (QED) is 0.526. The van der Waals surface area contributed by atoms with Gasteiger partial charge in [-0.1, -0.05) is 24.3 Å². The van der Waals surface area contributed by atoms with Gasteiger partial charge >= 0.3 is 0 Å². The zero-order valence-corrected chi connectivity index (χ0v) is 13.6. The van der Waals surface area contributed by atoms with Crippen LogP contribution in [0.3, 0.4) is 0 Å². The first-order valence-electron chi connectivity index (χ1n) is 8.12. The predicted molar refractivity (Wildman–Crippen MR) is 95.7 cm³/mol. The van der Waals surface area contributed by atoms with Crippen LogP contribution in [0.2, 0.25) is 0 Å². The van der Waals surface area contributed by atoms with E-state index >= 15 is 0 Å². The SMILES string of the molecule is N#Cc1ccccc1-c1nc2ccc(-c3ccc4c(c3)OCO4)cc2o1. The summed E-state index contributed by atoms with van der Waals surface area (Å²) in [6.45, 7) is 0.252. The zero-order valence-electron chi connectivity index (χ0n) is 13.6. The standard InChI is InChI=1S/C21H12N2O3/c22-11-15-3-1-2-4-16(15)21-23-17-7-5-13(9-19(17)26-21)14-6-8-18-20(10-14)25-12-24-18/h1-10H,12H2. The second kappa shape index (κ2) is 5.64. The summed E-state index contributed by atoms with van der Waals surface area (Å²) in [7, 11) is 0. The second-order valence-electron chi connectivity index (χ2n) is 5.93. The van der Waals surface area contributed by atoms with Crippen molar-refractivity contribution in [3.63, 3.8) is 0 Å². The lowest BCUT2D eigenvalue weighted by atomic mass is 10.0. The van der Waals surface area contributed by atoms with E-state index in [1.807, 2.05) is 54.6 Å². The van der Waals surface area contributed by atoms with Crippen LogP contribution in [0.4, 0.5) is 0 Å². The molecule has 0 atom stereocenters. The fourth-order valence-corrected chi connectivity index (χ4v) is 3.06. The van der Waals surface area contributed by atoms with Gasteiger partial charge in [0.2, 0.25) is 12.7 Å². The minimum Gasteiger partial charge on any atom is -0.454 e. The van der Waals surface area contributed by atoms with E-state index in [1.54, 1.807) is 6.07 Å². The van der Waals surface area contributed by atoms with E-state index in [-0.39, 0.29) is 6.79 Å². The van der Waals surface area contributed by atoms with Crippen LogP contribution >= 0.6 is 0 Å². The third kappa shape index (κ3) is 2.28. The van der Waals surface area contributed by atoms with Gasteiger partial charge in [-0.15, -0.1) is 0 Å². The summed E-state index contributed by atoms with van der Waals surface area (Å²) in [5.74, 6) is 1.94. The fraction of sp³-hybridized carbons (Fsp3) is 0.0476. The smallest absolute Gasteiger partial charge is 0.231 e. The minimum atomic E-state index is 0.252. The number of rotatable bonds is 2. The molecule has 5 heteroatoms. The Labute approximate surface area is 149 Å². The molecular weight excluding hydrogens is 328 g/mol. The first kappa shape index (κ1) is 14.6. The lowest BCUT2D eigenvalue weighted by Crippen LogP contribution is -1.92. The summed E-state index contributed by atoms with van der Waals surface area (Å²) < 4.78 is 16.7. The Hall–Kier alpha value is -3.78. The molecule has 0 unspecified atom stereocenters. The van der Waals surface area contributed by atoms with Crippen LogP contribution in [0.1, 0.15) is 5.56 Å². The molecule has 0 N–H and O–H groups in total. The lowest BCUT2D eigenvalue weighted by Gasteiger charge is -2.03. The van der Waals surface area contributed by atoms with Crippen LogP contribution in [-0.4, -0.2) is 11.8 Å². The Bertz CT molecular complexity index is 1190. The molecule has 0 saturated heterocycles. The van der Waals surface area contributed by atoms with Gasteiger partial charge in [0.25, 0.3) is 0 Å². The van der Waals surface area contributed by atoms with Crippen molar-refractivity contribution in [3.8, 4) is 40.1 Å². The van der Waals surface area contributed by atoms with E-state index in [2.05, 4.69) is 11.1 Å². The van der Waals surface area contributed by atoms with E-state index in [0.717, 1.165) is 28.1 Å². The molecule has 0 saturated carbocycles. The molecule has 0 spiro atoms. The van der Waals surface area contributed by atoms with E-state index in [1.165, 1.54) is 0 Å². The molecule has 0 amide bonds. The average molecular weight is 340 g/mol. The molecule has 3 aromatic carbocycles. The largest absolute Gasteiger partial charge is 0.454 e. The van der Waals surface area contributed by atoms with E-state index in [9.17, 15) is 5.26 Å². The molecule has 1 aliphatic heterocycles. The molecule has 0 radical (unpaired) electrons. The third-order valence-corrected chi connectivity index (χ3v) is 4.37. The molecule has 26 heavy (non-hydrogen) atoms. The number of nitrogens with zero attached hydrogens (tertiary/aromatic N) is 2. The van der Waals surface area contributed by atoms with Crippen LogP contribution < -0.4 is 9.47 Å². The lowest BCUT2D eigenvalue weighted by molar-refractivity contribution is 0.174. The molecule has 0 bridgehead atoms. The number of oxazole rings is 1. The molecule has 4 aromatic rings. The molecule has 2 heterocycles. The van der Waals surface area contributed by atoms with Crippen molar-refractivity contribution in [2.75, 3.05) is 6.79 Å². The maximum absolute atomic E-state index is 9.28. The monoisotopic (exact) mass is 340 g/mol. The van der Waals surface area contributed by atoms with Gasteiger partial charge in [0.05, 0.1) is 17.2 Å². The molecule has 1 aliphatic rings. The van der Waals surface area contributed by atoms with Gasteiger partial charge in [-0.2, -0.15) is 5.26 Å². The highest BCUT2D eigenvalue weighted by Crippen LogP contribution is 2.37. The van der Waals surface area contributed by atoms with Crippen LogP contribution in [0, 0.1) is 11.3 Å². The first-order chi connectivity index (χ1) is 12.8. The van der Waals surface area contributed by atoms with Gasteiger partial charge < -0.3 is 13.9 Å². The number of fused-ring (bicyclic) bond motifs is 2. The first-order valence-corrected chi connectivity index (χ1v) is 8.12. The topological polar surface area (TPSA) is 68.3 Å². The number of ether oxygens (including phenoxy) is 2. The fourth-order valence-electron chi connectivity index (χ4n) is 3.06. The van der Waals surface area contributed by atoms with Gasteiger partial charge in [0.1, 0.15) is 5.52 Å². The molecule has 0 aliphatic carbocycles. The molecule has 1 aromatic heterocycles. The zero-order chi connectivity index (χ0) is 17.5. The summed E-state index contributed by atoms with van der Waals surface area (Å²) in [5.41, 5.74) is 4.64. The van der Waals surface area contributed by atoms with E-state index in [4.69, 9.17) is 13.9 Å². The van der Waals surface area contributed by atoms with Crippen molar-refractivity contribution in [3.05, 3.63) is 66.2 Å². The maximum Gasteiger partial charge on any atom is 0.231 e. The van der Waals surface area contributed by atoms with Crippen molar-refractivity contribution >= 4 is 11.1 Å². The average Bonchev–Trinajstić information content (AvgIpc) is 3.33. The van der Waals surface area contributed by atoms with E-state index < -0.39 is 0 Å². The Morgan fingerprint density at radius 3 is 2.62 bits per heavy atom. The van der Waals surface area contributed by atoms with Crippen molar-refractivity contribution in [1.29, 1.82) is 5.26 Å².